The quantitative estimate of drug-likeness (QED) is 0.570. The number of carbonyl (C=O) groups is 1. The van der Waals surface area contributed by atoms with Crippen molar-refractivity contribution in [3.05, 3.63) is 96.4 Å². The molecule has 1 N–H and O–H groups in total. The smallest absolute Gasteiger partial charge is 0.229 e. The Hall–Kier alpha value is -3.80. The summed E-state index contributed by atoms with van der Waals surface area (Å²) in [5.74, 6) is 0.00143. The lowest BCUT2D eigenvalue weighted by Gasteiger charge is -2.09. The van der Waals surface area contributed by atoms with Gasteiger partial charge in [0.15, 0.2) is 0 Å². The van der Waals surface area contributed by atoms with Crippen LogP contribution in [0, 0.1) is 5.82 Å². The molecule has 0 radical (unpaired) electrons. The van der Waals surface area contributed by atoms with Crippen LogP contribution in [0.4, 0.5) is 10.2 Å². The molecule has 0 unspecified atom stereocenters. The molecule has 0 aliphatic heterocycles. The van der Waals surface area contributed by atoms with Crippen LogP contribution in [0.1, 0.15) is 5.56 Å². The van der Waals surface area contributed by atoms with Gasteiger partial charge in [0.2, 0.25) is 5.91 Å². The summed E-state index contributed by atoms with van der Waals surface area (Å²) in [5, 5.41) is 7.51. The van der Waals surface area contributed by atoms with Crippen molar-refractivity contribution in [2.75, 3.05) is 5.32 Å². The van der Waals surface area contributed by atoms with E-state index >= 15 is 0 Å². The van der Waals surface area contributed by atoms with Crippen LogP contribution < -0.4 is 5.32 Å². The second-order valence-corrected chi connectivity index (χ2v) is 6.23. The Balaban J connectivity index is 1.64. The molecule has 0 saturated carbocycles. The molecule has 6 heteroatoms. The van der Waals surface area contributed by atoms with Gasteiger partial charge in [-0.2, -0.15) is 5.10 Å². The number of nitrogens with zero attached hydrogens (tertiary/aromatic N) is 3. The second kappa shape index (κ2) is 7.84. The number of aromatic nitrogens is 3. The highest BCUT2D eigenvalue weighted by atomic mass is 19.1. The predicted molar refractivity (Wildman–Crippen MR) is 106 cm³/mol. The first-order chi connectivity index (χ1) is 13.7. The number of halogens is 1. The molecule has 2 aromatic heterocycles. The SMILES string of the molecule is O=C(Cc1ccc(F)cc1)Nc1cc(-c2ccccn2)nn1-c1ccccc1. The molecule has 0 atom stereocenters. The fourth-order valence-corrected chi connectivity index (χ4v) is 2.85. The van der Waals surface area contributed by atoms with Gasteiger partial charge in [0.05, 0.1) is 17.8 Å². The van der Waals surface area contributed by atoms with E-state index in [1.807, 2.05) is 48.5 Å². The standard InChI is InChI=1S/C22H17FN4O/c23-17-11-9-16(10-12-17)14-22(28)25-21-15-20(19-8-4-5-13-24-19)26-27(21)18-6-2-1-3-7-18/h1-13,15H,14H2,(H,25,28). The monoisotopic (exact) mass is 372 g/mol. The molecule has 0 aliphatic rings. The van der Waals surface area contributed by atoms with Crippen LogP contribution in [0.2, 0.25) is 0 Å². The molecule has 28 heavy (non-hydrogen) atoms. The number of hydrogen-bond donors (Lipinski definition) is 1. The molecular formula is C22H17FN4O. The lowest BCUT2D eigenvalue weighted by atomic mass is 10.1. The number of hydrogen-bond acceptors (Lipinski definition) is 3. The zero-order chi connectivity index (χ0) is 19.3. The fraction of sp³-hybridized carbons (Fsp3) is 0.0455. The van der Waals surface area contributed by atoms with Crippen molar-refractivity contribution in [2.45, 2.75) is 6.42 Å². The van der Waals surface area contributed by atoms with Crippen LogP contribution in [0.3, 0.4) is 0 Å². The van der Waals surface area contributed by atoms with Crippen molar-refractivity contribution >= 4 is 11.7 Å². The third-order valence-electron chi connectivity index (χ3n) is 4.18. The van der Waals surface area contributed by atoms with Crippen LogP contribution in [-0.2, 0) is 11.2 Å². The van der Waals surface area contributed by atoms with Crippen LogP contribution >= 0.6 is 0 Å². The largest absolute Gasteiger partial charge is 0.310 e. The van der Waals surface area contributed by atoms with E-state index in [1.54, 1.807) is 29.1 Å². The number of pyridine rings is 1. The molecule has 0 bridgehead atoms. The molecular weight excluding hydrogens is 355 g/mol. The molecule has 1 amide bonds. The number of carbonyl (C=O) groups excluding carboxylic acids is 1. The molecule has 0 spiro atoms. The second-order valence-electron chi connectivity index (χ2n) is 6.23. The van der Waals surface area contributed by atoms with Gasteiger partial charge >= 0.3 is 0 Å². The fourth-order valence-electron chi connectivity index (χ4n) is 2.85. The van der Waals surface area contributed by atoms with Crippen molar-refractivity contribution in [1.82, 2.24) is 14.8 Å². The number of nitrogens with one attached hydrogen (secondary N) is 1. The Morgan fingerprint density at radius 3 is 2.39 bits per heavy atom. The van der Waals surface area contributed by atoms with Gasteiger partial charge in [-0.1, -0.05) is 36.4 Å². The van der Waals surface area contributed by atoms with Crippen LogP contribution in [-0.4, -0.2) is 20.7 Å². The molecule has 2 aromatic carbocycles. The maximum atomic E-state index is 13.1. The Bertz CT molecular complexity index is 1080. The molecule has 4 rings (SSSR count). The Labute approximate surface area is 161 Å². The van der Waals surface area contributed by atoms with E-state index < -0.39 is 0 Å². The summed E-state index contributed by atoms with van der Waals surface area (Å²) in [7, 11) is 0. The van der Waals surface area contributed by atoms with Gasteiger partial charge in [-0.05, 0) is 42.0 Å². The highest BCUT2D eigenvalue weighted by Gasteiger charge is 2.14. The lowest BCUT2D eigenvalue weighted by Crippen LogP contribution is -2.17. The Morgan fingerprint density at radius 1 is 0.929 bits per heavy atom. The van der Waals surface area contributed by atoms with Crippen LogP contribution in [0.25, 0.3) is 17.1 Å². The van der Waals surface area contributed by atoms with Gasteiger partial charge in [0, 0.05) is 12.3 Å². The highest BCUT2D eigenvalue weighted by Crippen LogP contribution is 2.23. The molecule has 2 heterocycles. The van der Waals surface area contributed by atoms with Gasteiger partial charge in [-0.3, -0.25) is 9.78 Å². The maximum Gasteiger partial charge on any atom is 0.229 e. The summed E-state index contributed by atoms with van der Waals surface area (Å²) in [6.07, 6.45) is 1.84. The van der Waals surface area contributed by atoms with Crippen molar-refractivity contribution in [2.24, 2.45) is 0 Å². The first-order valence-electron chi connectivity index (χ1n) is 8.80. The summed E-state index contributed by atoms with van der Waals surface area (Å²) in [5.41, 5.74) is 2.92. The normalized spacial score (nSPS) is 10.6. The van der Waals surface area contributed by atoms with Crippen molar-refractivity contribution in [3.8, 4) is 17.1 Å². The molecule has 5 nitrogen and oxygen atoms in total. The topological polar surface area (TPSA) is 59.8 Å². The Morgan fingerprint density at radius 2 is 1.68 bits per heavy atom. The highest BCUT2D eigenvalue weighted by molar-refractivity contribution is 5.92. The minimum atomic E-state index is -0.327. The van der Waals surface area contributed by atoms with E-state index in [2.05, 4.69) is 15.4 Å². The first-order valence-corrected chi connectivity index (χ1v) is 8.80. The van der Waals surface area contributed by atoms with Gasteiger partial charge < -0.3 is 5.32 Å². The van der Waals surface area contributed by atoms with E-state index in [0.29, 0.717) is 17.2 Å². The van der Waals surface area contributed by atoms with E-state index in [4.69, 9.17) is 0 Å². The van der Waals surface area contributed by atoms with Gasteiger partial charge in [-0.25, -0.2) is 9.07 Å². The Kier molecular flexibility index (Phi) is 4.93. The molecule has 0 saturated heterocycles. The van der Waals surface area contributed by atoms with Gasteiger partial charge in [0.1, 0.15) is 17.3 Å². The van der Waals surface area contributed by atoms with E-state index in [0.717, 1.165) is 11.3 Å². The average Bonchev–Trinajstić information content (AvgIpc) is 3.15. The minimum Gasteiger partial charge on any atom is -0.310 e. The average molecular weight is 372 g/mol. The van der Waals surface area contributed by atoms with Gasteiger partial charge in [-0.15, -0.1) is 0 Å². The summed E-state index contributed by atoms with van der Waals surface area (Å²) in [6.45, 7) is 0. The summed E-state index contributed by atoms with van der Waals surface area (Å²) < 4.78 is 14.7. The van der Waals surface area contributed by atoms with E-state index in [1.165, 1.54) is 12.1 Å². The van der Waals surface area contributed by atoms with E-state index in [-0.39, 0.29) is 18.1 Å². The van der Waals surface area contributed by atoms with Crippen molar-refractivity contribution in [1.29, 1.82) is 0 Å². The first kappa shape index (κ1) is 17.6. The zero-order valence-electron chi connectivity index (χ0n) is 14.9. The molecule has 0 fully saturated rings. The number of para-hydroxylation sites is 1. The summed E-state index contributed by atoms with van der Waals surface area (Å²) >= 11 is 0. The third-order valence-corrected chi connectivity index (χ3v) is 4.18. The van der Waals surface area contributed by atoms with Crippen molar-refractivity contribution < 1.29 is 9.18 Å². The number of amides is 1. The van der Waals surface area contributed by atoms with Crippen LogP contribution in [0.15, 0.2) is 85.1 Å². The summed E-state index contributed by atoms with van der Waals surface area (Å²) in [4.78, 5) is 16.9. The van der Waals surface area contributed by atoms with Gasteiger partial charge in [0.25, 0.3) is 0 Å². The summed E-state index contributed by atoms with van der Waals surface area (Å²) in [6, 6.07) is 22.8. The number of benzene rings is 2. The number of rotatable bonds is 5. The minimum absolute atomic E-state index is 0.138. The maximum absolute atomic E-state index is 13.1. The molecule has 4 aromatic rings. The predicted octanol–water partition coefficient (Wildman–Crippen LogP) is 4.25. The third kappa shape index (κ3) is 3.96. The van der Waals surface area contributed by atoms with Crippen molar-refractivity contribution in [3.63, 3.8) is 0 Å². The zero-order valence-corrected chi connectivity index (χ0v) is 14.9. The molecule has 138 valence electrons. The number of anilines is 1. The van der Waals surface area contributed by atoms with E-state index in [9.17, 15) is 9.18 Å². The molecule has 0 aliphatic carbocycles. The van der Waals surface area contributed by atoms with Crippen LogP contribution in [0.5, 0.6) is 0 Å². The lowest BCUT2D eigenvalue weighted by molar-refractivity contribution is -0.115.